The Morgan fingerprint density at radius 2 is 1.76 bits per heavy atom. The Kier molecular flexibility index (Phi) is 3.76. The summed E-state index contributed by atoms with van der Waals surface area (Å²) in [6.07, 6.45) is 0. The van der Waals surface area contributed by atoms with Crippen molar-refractivity contribution in [2.75, 3.05) is 5.32 Å². The summed E-state index contributed by atoms with van der Waals surface area (Å²) in [4.78, 5) is 0. The smallest absolute Gasteiger partial charge is 0.210 e. The molecule has 0 aliphatic heterocycles. The normalized spacial score (nSPS) is 10.5. The molecular weight excluding hydrogens is 354 g/mol. The van der Waals surface area contributed by atoms with Gasteiger partial charge in [-0.25, -0.2) is 0 Å². The predicted octanol–water partition coefficient (Wildman–Crippen LogP) is 4.12. The molecule has 21 heavy (non-hydrogen) atoms. The van der Waals surface area contributed by atoms with Crippen molar-refractivity contribution in [3.05, 3.63) is 46.9 Å². The van der Waals surface area contributed by atoms with E-state index >= 15 is 0 Å². The summed E-state index contributed by atoms with van der Waals surface area (Å²) in [6, 6.07) is 12.1. The molecule has 0 atom stereocenters. The molecule has 7 heteroatoms. The van der Waals surface area contributed by atoms with Crippen LogP contribution in [0.3, 0.4) is 0 Å². The molecule has 0 fully saturated rings. The molecule has 0 saturated carbocycles. The molecule has 1 aromatic heterocycles. The van der Waals surface area contributed by atoms with Crippen LogP contribution in [-0.4, -0.2) is 20.4 Å². The summed E-state index contributed by atoms with van der Waals surface area (Å²) in [5.74, 6) is -0.0182. The summed E-state index contributed by atoms with van der Waals surface area (Å²) in [5.41, 5.74) is 1.44. The van der Waals surface area contributed by atoms with E-state index in [2.05, 4.69) is 31.4 Å². The highest BCUT2D eigenvalue weighted by Crippen LogP contribution is 2.35. The Balaban J connectivity index is 1.84. The van der Waals surface area contributed by atoms with Crippen LogP contribution < -0.4 is 5.32 Å². The molecule has 0 unspecified atom stereocenters. The average Bonchev–Trinajstić information content (AvgIpc) is 2.90. The lowest BCUT2D eigenvalue weighted by Crippen LogP contribution is -1.88. The third-order valence-corrected chi connectivity index (χ3v) is 4.13. The molecule has 5 nitrogen and oxygen atoms in total. The molecule has 0 aliphatic carbocycles. The molecular formula is C14H10BrN3O2S. The van der Waals surface area contributed by atoms with E-state index in [4.69, 9.17) is 0 Å². The van der Waals surface area contributed by atoms with E-state index in [9.17, 15) is 10.2 Å². The van der Waals surface area contributed by atoms with Crippen molar-refractivity contribution in [1.29, 1.82) is 0 Å². The van der Waals surface area contributed by atoms with Gasteiger partial charge >= 0.3 is 0 Å². The summed E-state index contributed by atoms with van der Waals surface area (Å²) >= 11 is 4.70. The molecule has 3 rings (SSSR count). The number of aromatic nitrogens is 2. The van der Waals surface area contributed by atoms with Crippen LogP contribution in [0.2, 0.25) is 0 Å². The fourth-order valence-electron chi connectivity index (χ4n) is 1.74. The van der Waals surface area contributed by atoms with Crippen molar-refractivity contribution in [1.82, 2.24) is 10.2 Å². The second kappa shape index (κ2) is 5.71. The topological polar surface area (TPSA) is 78.3 Å². The molecule has 2 aromatic carbocycles. The molecule has 106 valence electrons. The van der Waals surface area contributed by atoms with Gasteiger partial charge in [-0.1, -0.05) is 27.3 Å². The number of benzene rings is 2. The number of anilines is 2. The maximum absolute atomic E-state index is 9.83. The number of hydrogen-bond donors (Lipinski definition) is 3. The second-order valence-electron chi connectivity index (χ2n) is 4.25. The van der Waals surface area contributed by atoms with E-state index in [1.165, 1.54) is 23.5 Å². The number of aromatic hydroxyl groups is 2. The van der Waals surface area contributed by atoms with Crippen molar-refractivity contribution in [2.24, 2.45) is 0 Å². The van der Waals surface area contributed by atoms with Crippen LogP contribution >= 0.6 is 27.3 Å². The minimum absolute atomic E-state index is 0.00831. The van der Waals surface area contributed by atoms with Crippen LogP contribution in [0, 0.1) is 0 Å². The van der Waals surface area contributed by atoms with Crippen LogP contribution in [0.15, 0.2) is 46.9 Å². The molecule has 3 aromatic rings. The number of nitrogens with one attached hydrogen (secondary N) is 1. The first-order chi connectivity index (χ1) is 10.1. The first-order valence-corrected chi connectivity index (χ1v) is 7.61. The first-order valence-electron chi connectivity index (χ1n) is 6.00. The summed E-state index contributed by atoms with van der Waals surface area (Å²) < 4.78 is 1.00. The predicted molar refractivity (Wildman–Crippen MR) is 86.1 cm³/mol. The van der Waals surface area contributed by atoms with Crippen molar-refractivity contribution in [2.45, 2.75) is 0 Å². The number of rotatable bonds is 3. The summed E-state index contributed by atoms with van der Waals surface area (Å²) in [6.45, 7) is 0. The average molecular weight is 364 g/mol. The zero-order valence-electron chi connectivity index (χ0n) is 10.6. The lowest BCUT2D eigenvalue weighted by atomic mass is 10.2. The summed E-state index contributed by atoms with van der Waals surface area (Å²) in [7, 11) is 0. The van der Waals surface area contributed by atoms with Crippen LogP contribution in [0.4, 0.5) is 10.8 Å². The van der Waals surface area contributed by atoms with Gasteiger partial charge in [-0.05, 0) is 36.4 Å². The van der Waals surface area contributed by atoms with Crippen LogP contribution in [0.5, 0.6) is 11.5 Å². The third-order valence-electron chi connectivity index (χ3n) is 2.73. The van der Waals surface area contributed by atoms with Gasteiger partial charge in [0.25, 0.3) is 0 Å². The van der Waals surface area contributed by atoms with E-state index in [1.807, 2.05) is 24.3 Å². The zero-order chi connectivity index (χ0) is 14.8. The highest BCUT2D eigenvalue weighted by atomic mass is 79.9. The van der Waals surface area contributed by atoms with Gasteiger partial charge in [-0.15, -0.1) is 10.2 Å². The van der Waals surface area contributed by atoms with Crippen LogP contribution in [-0.2, 0) is 0 Å². The second-order valence-corrected chi connectivity index (χ2v) is 6.14. The first kappa shape index (κ1) is 13.8. The number of hydrogen-bond acceptors (Lipinski definition) is 6. The molecule has 0 amide bonds. The number of nitrogens with zero attached hydrogens (tertiary/aromatic N) is 2. The van der Waals surface area contributed by atoms with Gasteiger partial charge in [0.2, 0.25) is 5.13 Å². The highest BCUT2D eigenvalue weighted by molar-refractivity contribution is 9.10. The van der Waals surface area contributed by atoms with E-state index < -0.39 is 0 Å². The number of halogens is 1. The molecule has 0 spiro atoms. The van der Waals surface area contributed by atoms with Crippen molar-refractivity contribution < 1.29 is 10.2 Å². The highest BCUT2D eigenvalue weighted by Gasteiger charge is 2.11. The Hall–Kier alpha value is -2.12. The SMILES string of the molecule is Oc1ccc(-c2nnc(Nc3ccc(Br)cc3)s2)c(O)c1. The molecule has 0 bridgehead atoms. The quantitative estimate of drug-likeness (QED) is 0.652. The standard InChI is InChI=1S/C14H10BrN3O2S/c15-8-1-3-9(4-2-8)16-14-18-17-13(21-14)11-6-5-10(19)7-12(11)20/h1-7,19-20H,(H,16,18). The van der Waals surface area contributed by atoms with Gasteiger partial charge in [-0.3, -0.25) is 0 Å². The van der Waals surface area contributed by atoms with E-state index in [0.717, 1.165) is 10.2 Å². The van der Waals surface area contributed by atoms with Crippen LogP contribution in [0.25, 0.3) is 10.6 Å². The van der Waals surface area contributed by atoms with E-state index in [-0.39, 0.29) is 11.5 Å². The monoisotopic (exact) mass is 363 g/mol. The zero-order valence-corrected chi connectivity index (χ0v) is 13.0. The van der Waals surface area contributed by atoms with Gasteiger partial charge in [0, 0.05) is 16.2 Å². The van der Waals surface area contributed by atoms with Gasteiger partial charge in [0.15, 0.2) is 5.01 Å². The Labute approximate surface area is 133 Å². The number of phenolic OH excluding ortho intramolecular Hbond substituents is 2. The Bertz CT molecular complexity index is 774. The lowest BCUT2D eigenvalue weighted by molar-refractivity contribution is 0.452. The van der Waals surface area contributed by atoms with E-state index in [1.54, 1.807) is 6.07 Å². The largest absolute Gasteiger partial charge is 0.508 e. The fourth-order valence-corrected chi connectivity index (χ4v) is 2.80. The van der Waals surface area contributed by atoms with Gasteiger partial charge in [0.05, 0.1) is 5.56 Å². The Morgan fingerprint density at radius 1 is 1.00 bits per heavy atom. The minimum Gasteiger partial charge on any atom is -0.508 e. The molecule has 0 radical (unpaired) electrons. The van der Waals surface area contributed by atoms with Crippen molar-refractivity contribution in [3.63, 3.8) is 0 Å². The molecule has 0 aliphatic rings. The maximum Gasteiger partial charge on any atom is 0.210 e. The van der Waals surface area contributed by atoms with Crippen LogP contribution in [0.1, 0.15) is 0 Å². The number of phenols is 2. The molecule has 3 N–H and O–H groups in total. The lowest BCUT2D eigenvalue weighted by Gasteiger charge is -2.01. The van der Waals surface area contributed by atoms with Gasteiger partial charge < -0.3 is 15.5 Å². The van der Waals surface area contributed by atoms with Gasteiger partial charge in [-0.2, -0.15) is 0 Å². The maximum atomic E-state index is 9.83. The molecule has 1 heterocycles. The fraction of sp³-hybridized carbons (Fsp3) is 0. The van der Waals surface area contributed by atoms with Crippen molar-refractivity contribution in [3.8, 4) is 22.1 Å². The minimum atomic E-state index is -0.0265. The molecule has 0 saturated heterocycles. The Morgan fingerprint density at radius 3 is 2.48 bits per heavy atom. The third kappa shape index (κ3) is 3.14. The summed E-state index contributed by atoms with van der Waals surface area (Å²) in [5, 5.41) is 31.6. The van der Waals surface area contributed by atoms with E-state index in [0.29, 0.717) is 15.7 Å². The van der Waals surface area contributed by atoms with Gasteiger partial charge in [0.1, 0.15) is 11.5 Å². The van der Waals surface area contributed by atoms with Crippen molar-refractivity contribution >= 4 is 38.1 Å².